The van der Waals surface area contributed by atoms with Crippen molar-refractivity contribution in [3.05, 3.63) is 48.0 Å². The standard InChI is InChI=1S/C18H23FN2O5S.H2O2/c19-8-3-9-26-14-6-7-16(27-17-5-2-1-4-15(17)20)13(10-14)11-21(12-22)18(23,24)25;1-2/h1-2,4-7,10,22-25H,3,8-9,11-12,20H2;1-2H. The van der Waals surface area contributed by atoms with E-state index in [9.17, 15) is 24.8 Å². The fourth-order valence-corrected chi connectivity index (χ4v) is 3.22. The van der Waals surface area contributed by atoms with Crippen molar-refractivity contribution in [3.8, 4) is 5.75 Å². The molecule has 9 nitrogen and oxygen atoms in total. The highest BCUT2D eigenvalue weighted by Gasteiger charge is 2.29. The SMILES string of the molecule is Nc1ccccc1Sc1ccc(OCCCF)cc1CN(CO)C(O)(O)O.OO. The van der Waals surface area contributed by atoms with E-state index < -0.39 is 19.5 Å². The molecule has 0 aliphatic heterocycles. The van der Waals surface area contributed by atoms with Crippen molar-refractivity contribution in [2.45, 2.75) is 28.9 Å². The first kappa shape index (κ1) is 25.1. The lowest BCUT2D eigenvalue weighted by molar-refractivity contribution is -0.404. The van der Waals surface area contributed by atoms with Gasteiger partial charge >= 0.3 is 6.10 Å². The highest BCUT2D eigenvalue weighted by Crippen LogP contribution is 2.36. The molecule has 0 heterocycles. The van der Waals surface area contributed by atoms with E-state index in [1.807, 2.05) is 18.2 Å². The van der Waals surface area contributed by atoms with Crippen molar-refractivity contribution in [1.29, 1.82) is 0 Å². The number of nitrogen functional groups attached to an aromatic ring is 1. The van der Waals surface area contributed by atoms with Crippen LogP contribution in [0.5, 0.6) is 5.75 Å². The monoisotopic (exact) mass is 432 g/mol. The van der Waals surface area contributed by atoms with Crippen LogP contribution in [0.3, 0.4) is 0 Å². The third-order valence-corrected chi connectivity index (χ3v) is 4.88. The van der Waals surface area contributed by atoms with Crippen LogP contribution in [0.1, 0.15) is 12.0 Å². The molecule has 0 fully saturated rings. The number of ether oxygens (including phenoxy) is 1. The molecule has 0 aliphatic carbocycles. The lowest BCUT2D eigenvalue weighted by atomic mass is 10.2. The Balaban J connectivity index is 0.00000204. The Morgan fingerprint density at radius 1 is 1.07 bits per heavy atom. The molecule has 0 atom stereocenters. The molecule has 162 valence electrons. The first-order valence-electron chi connectivity index (χ1n) is 8.42. The molecule has 0 aromatic heterocycles. The number of nitrogens with two attached hydrogens (primary N) is 1. The Kier molecular flexibility index (Phi) is 10.9. The van der Waals surface area contributed by atoms with Crippen molar-refractivity contribution in [2.24, 2.45) is 0 Å². The van der Waals surface area contributed by atoms with Gasteiger partial charge in [0.15, 0.2) is 0 Å². The van der Waals surface area contributed by atoms with E-state index in [1.54, 1.807) is 24.3 Å². The van der Waals surface area contributed by atoms with E-state index in [1.165, 1.54) is 11.8 Å². The quantitative estimate of drug-likeness (QED) is 0.0964. The second-order valence-corrected chi connectivity index (χ2v) is 6.82. The summed E-state index contributed by atoms with van der Waals surface area (Å²) in [4.78, 5) is 2.16. The number of rotatable bonds is 10. The fraction of sp³-hybridized carbons (Fsp3) is 0.333. The van der Waals surface area contributed by atoms with Crippen LogP contribution in [-0.2, 0) is 6.54 Å². The average molecular weight is 432 g/mol. The van der Waals surface area contributed by atoms with Crippen LogP contribution >= 0.6 is 11.8 Å². The zero-order valence-corrected chi connectivity index (χ0v) is 16.3. The summed E-state index contributed by atoms with van der Waals surface area (Å²) in [5, 5.41) is 49.5. The minimum absolute atomic E-state index is 0.185. The third kappa shape index (κ3) is 8.12. The Bertz CT molecular complexity index is 746. The zero-order valence-electron chi connectivity index (χ0n) is 15.5. The molecule has 2 rings (SSSR count). The predicted molar refractivity (Wildman–Crippen MR) is 105 cm³/mol. The van der Waals surface area contributed by atoms with Crippen LogP contribution < -0.4 is 10.5 Å². The summed E-state index contributed by atoms with van der Waals surface area (Å²) in [5.41, 5.74) is 7.11. The van der Waals surface area contributed by atoms with Crippen molar-refractivity contribution < 1.29 is 40.1 Å². The number of alkyl halides is 1. The second kappa shape index (κ2) is 12.6. The molecule has 0 radical (unpaired) electrons. The van der Waals surface area contributed by atoms with Gasteiger partial charge in [-0.25, -0.2) is 0 Å². The summed E-state index contributed by atoms with van der Waals surface area (Å²) in [6, 6.07) is 12.3. The Morgan fingerprint density at radius 2 is 1.76 bits per heavy atom. The van der Waals surface area contributed by atoms with E-state index in [4.69, 9.17) is 21.0 Å². The maximum absolute atomic E-state index is 12.3. The first-order chi connectivity index (χ1) is 13.8. The van der Waals surface area contributed by atoms with Gasteiger partial charge in [0.2, 0.25) is 0 Å². The van der Waals surface area contributed by atoms with Crippen LogP contribution in [0.4, 0.5) is 10.1 Å². The van der Waals surface area contributed by atoms with Gasteiger partial charge in [0.25, 0.3) is 0 Å². The molecule has 0 saturated carbocycles. The molecule has 11 heteroatoms. The number of hydrogen-bond donors (Lipinski definition) is 7. The normalized spacial score (nSPS) is 11.2. The highest BCUT2D eigenvalue weighted by molar-refractivity contribution is 7.99. The average Bonchev–Trinajstić information content (AvgIpc) is 2.70. The first-order valence-corrected chi connectivity index (χ1v) is 9.24. The third-order valence-electron chi connectivity index (χ3n) is 3.67. The summed E-state index contributed by atoms with van der Waals surface area (Å²) in [7, 11) is 0. The van der Waals surface area contributed by atoms with Gasteiger partial charge in [0, 0.05) is 28.4 Å². The fourth-order valence-electron chi connectivity index (χ4n) is 2.26. The zero-order chi connectivity index (χ0) is 21.9. The number of halogens is 1. The van der Waals surface area contributed by atoms with E-state index in [0.29, 0.717) is 26.8 Å². The van der Waals surface area contributed by atoms with E-state index in [0.717, 1.165) is 4.90 Å². The lowest BCUT2D eigenvalue weighted by Crippen LogP contribution is -2.48. The molecule has 0 bridgehead atoms. The molecule has 2 aromatic rings. The van der Waals surface area contributed by atoms with E-state index >= 15 is 0 Å². The predicted octanol–water partition coefficient (Wildman–Crippen LogP) is 1.52. The molecule has 0 aliphatic rings. The van der Waals surface area contributed by atoms with Gasteiger partial charge in [-0.2, -0.15) is 4.90 Å². The second-order valence-electron chi connectivity index (χ2n) is 5.74. The summed E-state index contributed by atoms with van der Waals surface area (Å²) < 4.78 is 17.7. The number of benzene rings is 2. The Hall–Kier alpha value is -1.96. The Morgan fingerprint density at radius 3 is 2.34 bits per heavy atom. The van der Waals surface area contributed by atoms with Gasteiger partial charge in [-0.05, 0) is 35.9 Å². The molecule has 8 N–H and O–H groups in total. The Labute approximate surface area is 171 Å². The maximum atomic E-state index is 12.3. The minimum atomic E-state index is -3.19. The van der Waals surface area contributed by atoms with Crippen LogP contribution in [-0.4, -0.2) is 61.9 Å². The number of aliphatic hydroxyl groups is 4. The maximum Gasteiger partial charge on any atom is 0.347 e. The number of hydrogen-bond acceptors (Lipinski definition) is 10. The summed E-state index contributed by atoms with van der Waals surface area (Å²) in [6.45, 7) is -1.28. The van der Waals surface area contributed by atoms with Gasteiger partial charge < -0.3 is 30.9 Å². The van der Waals surface area contributed by atoms with Crippen molar-refractivity contribution in [3.63, 3.8) is 0 Å². The van der Waals surface area contributed by atoms with Crippen LogP contribution in [0, 0.1) is 0 Å². The molecular formula is C18H25FN2O7S. The number of para-hydroxylation sites is 1. The van der Waals surface area contributed by atoms with Gasteiger partial charge in [0.1, 0.15) is 12.5 Å². The van der Waals surface area contributed by atoms with E-state index in [2.05, 4.69) is 0 Å². The summed E-state index contributed by atoms with van der Waals surface area (Å²) in [5.74, 6) is 0.459. The molecule has 0 unspecified atom stereocenters. The summed E-state index contributed by atoms with van der Waals surface area (Å²) in [6.07, 6.45) is -2.93. The van der Waals surface area contributed by atoms with Crippen molar-refractivity contribution in [2.75, 3.05) is 25.7 Å². The molecular weight excluding hydrogens is 407 g/mol. The molecule has 0 saturated heterocycles. The van der Waals surface area contributed by atoms with Gasteiger partial charge in [0.05, 0.1) is 13.3 Å². The van der Waals surface area contributed by atoms with Crippen LogP contribution in [0.15, 0.2) is 52.3 Å². The van der Waals surface area contributed by atoms with Crippen LogP contribution in [0.25, 0.3) is 0 Å². The number of anilines is 1. The highest BCUT2D eigenvalue weighted by atomic mass is 32.2. The summed E-state index contributed by atoms with van der Waals surface area (Å²) >= 11 is 1.35. The van der Waals surface area contributed by atoms with Gasteiger partial charge in [-0.1, -0.05) is 23.9 Å². The molecule has 0 spiro atoms. The molecule has 2 aromatic carbocycles. The smallest absolute Gasteiger partial charge is 0.347 e. The number of aliphatic hydroxyl groups excluding tert-OH is 1. The minimum Gasteiger partial charge on any atom is -0.493 e. The van der Waals surface area contributed by atoms with Crippen molar-refractivity contribution >= 4 is 17.4 Å². The largest absolute Gasteiger partial charge is 0.493 e. The van der Waals surface area contributed by atoms with Gasteiger partial charge in [-0.15, -0.1) is 0 Å². The lowest BCUT2D eigenvalue weighted by Gasteiger charge is -2.28. The topological polar surface area (TPSA) is 160 Å². The number of nitrogens with zero attached hydrogens (tertiary/aromatic N) is 1. The van der Waals surface area contributed by atoms with Crippen LogP contribution in [0.2, 0.25) is 0 Å². The van der Waals surface area contributed by atoms with Crippen molar-refractivity contribution in [1.82, 2.24) is 4.90 Å². The van der Waals surface area contributed by atoms with E-state index in [-0.39, 0.29) is 19.6 Å². The van der Waals surface area contributed by atoms with Gasteiger partial charge in [-0.3, -0.25) is 14.9 Å². The molecule has 0 amide bonds. The molecule has 29 heavy (non-hydrogen) atoms.